The predicted octanol–water partition coefficient (Wildman–Crippen LogP) is 0.739. The van der Waals surface area contributed by atoms with Crippen molar-refractivity contribution >= 4 is 58.2 Å². The minimum atomic E-state index is 0. The molecule has 0 amide bonds. The van der Waals surface area contributed by atoms with Crippen LogP contribution in [-0.2, 0) is 0 Å². The Balaban J connectivity index is -0.00000000462. The van der Waals surface area contributed by atoms with E-state index in [9.17, 15) is 0 Å². The first-order valence-corrected chi connectivity index (χ1v) is 9.83. The Morgan fingerprint density at radius 1 is 0.333 bits per heavy atom. The van der Waals surface area contributed by atoms with Gasteiger partial charge in [-0.3, -0.25) is 0 Å². The van der Waals surface area contributed by atoms with Crippen LogP contribution in [0.25, 0.3) is 0 Å². The van der Waals surface area contributed by atoms with Crippen LogP contribution in [0.3, 0.4) is 0 Å². The predicted molar refractivity (Wildman–Crippen MR) is 118 cm³/mol. The summed E-state index contributed by atoms with van der Waals surface area (Å²) in [6.45, 7) is 32.7. The van der Waals surface area contributed by atoms with Gasteiger partial charge in [-0.2, -0.15) is 0 Å². The maximum atomic E-state index is 2.18. The van der Waals surface area contributed by atoms with Crippen molar-refractivity contribution in [3.8, 4) is 0 Å². The molecular weight excluding hydrogens is 582 g/mol. The van der Waals surface area contributed by atoms with Crippen molar-refractivity contribution in [3.63, 3.8) is 0 Å². The maximum absolute atomic E-state index is 2.18. The molecule has 0 aromatic rings. The Morgan fingerprint density at radius 3 is 0.375 bits per heavy atom. The largest absolute Gasteiger partial charge is 1.00 e. The van der Waals surface area contributed by atoms with Gasteiger partial charge in [0.1, 0.15) is 0 Å². The van der Waals surface area contributed by atoms with Crippen LogP contribution >= 0.6 is 0 Å². The number of hydrogen-bond acceptors (Lipinski definition) is 0. The summed E-state index contributed by atoms with van der Waals surface area (Å²) in [5.74, 6) is 0. The second kappa shape index (κ2) is 205. The van der Waals surface area contributed by atoms with Gasteiger partial charge < -0.3 is 4.28 Å². The van der Waals surface area contributed by atoms with Gasteiger partial charge in [0.2, 0.25) is 0 Å². The molecule has 4 heteroatoms. The van der Waals surface area contributed by atoms with Gasteiger partial charge in [-0.25, -0.2) is 0 Å². The quantitative estimate of drug-likeness (QED) is 0.418. The third kappa shape index (κ3) is 274. The minimum absolute atomic E-state index is 0. The molecule has 0 aromatic carbocycles. The Kier molecular flexibility index (Phi) is 659. The zero-order chi connectivity index (χ0) is 18.8. The molecule has 0 heterocycles. The molecule has 0 atom stereocenters. The molecule has 0 bridgehead atoms. The van der Waals surface area contributed by atoms with E-state index in [0.717, 1.165) is 0 Å². The number of rotatable bonds is 2. The van der Waals surface area contributed by atoms with Crippen LogP contribution in [0.1, 0.15) is 141 Å². The van der Waals surface area contributed by atoms with Crippen molar-refractivity contribution in [2.75, 3.05) is 0 Å². The van der Waals surface area contributed by atoms with E-state index in [1.54, 1.807) is 0 Å². The third-order valence-electron chi connectivity index (χ3n) is 1.000. The standard InChI is InChI=1S/2C4H10.6C2H6.4Rb.3H/c2*1-3-4-2;6*1-2;;;;;;;/h2*3-4H2,1-2H3;6*1-2H3;;;;;;;/q;;;;;;;;;3*+1;3*-1. The fourth-order valence-electron chi connectivity index (χ4n) is 0. The third-order valence-corrected chi connectivity index (χ3v) is 1.000. The van der Waals surface area contributed by atoms with Gasteiger partial charge in [-0.15, -0.1) is 0 Å². The molecule has 143 valence electrons. The Hall–Kier alpha value is 7.22. The van der Waals surface area contributed by atoms with Crippen molar-refractivity contribution in [2.45, 2.75) is 136 Å². The van der Waals surface area contributed by atoms with Crippen molar-refractivity contribution in [1.29, 1.82) is 0 Å². The molecule has 0 aliphatic heterocycles. The molecule has 0 nitrogen and oxygen atoms in total. The van der Waals surface area contributed by atoms with Gasteiger partial charge in [-0.1, -0.05) is 136 Å². The van der Waals surface area contributed by atoms with Crippen LogP contribution in [0.4, 0.5) is 0 Å². The second-order valence-corrected chi connectivity index (χ2v) is 2.00. The van der Waals surface area contributed by atoms with E-state index in [4.69, 9.17) is 0 Å². The topological polar surface area (TPSA) is 0 Å². The monoisotopic (exact) mass is 639 g/mol. The van der Waals surface area contributed by atoms with E-state index >= 15 is 0 Å². The van der Waals surface area contributed by atoms with Crippen LogP contribution in [0, 0.1) is 0 Å². The summed E-state index contributed by atoms with van der Waals surface area (Å²) in [6.07, 6.45) is 5.28. The number of unbranched alkanes of at least 4 members (excludes halogenated alkanes) is 2. The van der Waals surface area contributed by atoms with Gasteiger partial charge in [0.15, 0.2) is 0 Å². The average Bonchev–Trinajstić information content (AvgIpc) is 2.65. The molecule has 0 aliphatic rings. The van der Waals surface area contributed by atoms with Crippen LogP contribution in [-0.4, -0.2) is 58.2 Å². The summed E-state index contributed by atoms with van der Waals surface area (Å²) in [4.78, 5) is 0. The molecule has 0 saturated carbocycles. The zero-order valence-electron chi connectivity index (χ0n) is 25.8. The minimum Gasteiger partial charge on any atom is -1.00 e. The molecule has 0 saturated heterocycles. The summed E-state index contributed by atoms with van der Waals surface area (Å²) in [7, 11) is 0. The first kappa shape index (κ1) is 77.2. The van der Waals surface area contributed by atoms with Crippen molar-refractivity contribution in [1.82, 2.24) is 0 Å². The molecule has 1 radical (unpaired) electrons. The zero-order valence-corrected chi connectivity index (χ0v) is 42.5. The SMILES string of the molecule is CC.CC.CC.CC.CC.CC.CCCC.CCCC.[H-].[H-].[H-].[Rb+].[Rb+].[Rb+].[Rb]. The van der Waals surface area contributed by atoms with Crippen molar-refractivity contribution < 1.29 is 179 Å². The fourth-order valence-corrected chi connectivity index (χ4v) is 0. The summed E-state index contributed by atoms with van der Waals surface area (Å²) in [5, 5.41) is 0. The average molecular weight is 642 g/mol. The molecule has 0 fully saturated rings. The van der Waals surface area contributed by atoms with E-state index in [0.29, 0.717) is 0 Å². The van der Waals surface area contributed by atoms with E-state index in [-0.39, 0.29) is 237 Å². The molecular formula is C20H59Rb4. The molecule has 0 N–H and O–H groups in total. The first-order chi connectivity index (χ1) is 9.83. The van der Waals surface area contributed by atoms with Crippen LogP contribution in [0.5, 0.6) is 0 Å². The molecule has 0 aromatic heterocycles. The molecule has 0 unspecified atom stereocenters. The van der Waals surface area contributed by atoms with Crippen molar-refractivity contribution in [2.24, 2.45) is 0 Å². The smallest absolute Gasteiger partial charge is 1.00 e. The van der Waals surface area contributed by atoms with Crippen LogP contribution in [0.15, 0.2) is 0 Å². The van der Waals surface area contributed by atoms with E-state index in [1.807, 2.05) is 83.1 Å². The summed E-state index contributed by atoms with van der Waals surface area (Å²) in [5.41, 5.74) is 0. The van der Waals surface area contributed by atoms with Crippen LogP contribution < -0.4 is 175 Å². The van der Waals surface area contributed by atoms with Gasteiger partial charge in [0.25, 0.3) is 0 Å². The Morgan fingerprint density at radius 2 is 0.375 bits per heavy atom. The second-order valence-electron chi connectivity index (χ2n) is 2.00. The van der Waals surface area contributed by atoms with Crippen LogP contribution in [0.2, 0.25) is 0 Å². The van der Waals surface area contributed by atoms with E-state index in [1.165, 1.54) is 25.7 Å². The normalized spacial score (nSPS) is 4.00. The van der Waals surface area contributed by atoms with Gasteiger partial charge in [0.05, 0.1) is 0 Å². The Labute approximate surface area is 362 Å². The van der Waals surface area contributed by atoms with Gasteiger partial charge >= 0.3 is 175 Å². The molecule has 24 heavy (non-hydrogen) atoms. The summed E-state index contributed by atoms with van der Waals surface area (Å²) >= 11 is 0. The first-order valence-electron chi connectivity index (χ1n) is 9.83. The summed E-state index contributed by atoms with van der Waals surface area (Å²) in [6, 6.07) is 0. The van der Waals surface area contributed by atoms with Crippen molar-refractivity contribution in [3.05, 3.63) is 0 Å². The molecule has 0 spiro atoms. The Bertz CT molecular complexity index is 37.2. The molecule has 0 rings (SSSR count). The maximum Gasteiger partial charge on any atom is 1.00 e. The van der Waals surface area contributed by atoms with Gasteiger partial charge in [0, 0.05) is 58.2 Å². The van der Waals surface area contributed by atoms with E-state index in [2.05, 4.69) is 27.7 Å². The van der Waals surface area contributed by atoms with Gasteiger partial charge in [-0.05, 0) is 0 Å². The van der Waals surface area contributed by atoms with E-state index < -0.39 is 0 Å². The number of hydrogen-bond donors (Lipinski definition) is 0. The molecule has 0 aliphatic carbocycles. The summed E-state index contributed by atoms with van der Waals surface area (Å²) < 4.78 is 0. The fraction of sp³-hybridized carbons (Fsp3) is 1.00.